The third-order valence-corrected chi connectivity index (χ3v) is 3.31. The molecule has 0 radical (unpaired) electrons. The summed E-state index contributed by atoms with van der Waals surface area (Å²) in [6.07, 6.45) is 1.57. The highest BCUT2D eigenvalue weighted by Crippen LogP contribution is 2.20. The van der Waals surface area contributed by atoms with Gasteiger partial charge in [-0.2, -0.15) is 0 Å². The summed E-state index contributed by atoms with van der Waals surface area (Å²) in [6, 6.07) is 10.1. The molecule has 1 saturated heterocycles. The van der Waals surface area contributed by atoms with E-state index in [2.05, 4.69) is 27.8 Å². The number of nitrogens with zero attached hydrogens (tertiary/aromatic N) is 3. The quantitative estimate of drug-likeness (QED) is 0.819. The second kappa shape index (κ2) is 4.88. The smallest absolute Gasteiger partial charge is 0.0897 e. The van der Waals surface area contributed by atoms with Crippen molar-refractivity contribution < 1.29 is 5.11 Å². The molecule has 1 aromatic carbocycles. The van der Waals surface area contributed by atoms with Crippen molar-refractivity contribution in [3.05, 3.63) is 47.8 Å². The largest absolute Gasteiger partial charge is 0.391 e. The molecular weight excluding hydrogens is 228 g/mol. The van der Waals surface area contributed by atoms with Gasteiger partial charge < -0.3 is 10.4 Å². The Bertz CT molecular complexity index is 511. The summed E-state index contributed by atoms with van der Waals surface area (Å²) in [6.45, 7) is 2.12. The van der Waals surface area contributed by atoms with Crippen molar-refractivity contribution in [1.82, 2.24) is 20.3 Å². The molecule has 2 atom stereocenters. The molecule has 1 aliphatic heterocycles. The van der Waals surface area contributed by atoms with E-state index in [4.69, 9.17) is 0 Å². The van der Waals surface area contributed by atoms with Gasteiger partial charge in [0.2, 0.25) is 0 Å². The van der Waals surface area contributed by atoms with E-state index in [9.17, 15) is 5.11 Å². The van der Waals surface area contributed by atoms with Gasteiger partial charge in [0.25, 0.3) is 0 Å². The van der Waals surface area contributed by atoms with E-state index in [1.807, 2.05) is 29.1 Å². The summed E-state index contributed by atoms with van der Waals surface area (Å²) in [5.74, 6) is 0.0644. The molecule has 0 saturated carbocycles. The SMILES string of the molecule is O[C@H]1CNCC1c1cn(Cc2ccccc2)nn1. The Hall–Kier alpha value is -1.72. The fraction of sp³-hybridized carbons (Fsp3) is 0.385. The first kappa shape index (κ1) is 11.4. The van der Waals surface area contributed by atoms with Crippen LogP contribution in [0.2, 0.25) is 0 Å². The van der Waals surface area contributed by atoms with E-state index in [0.717, 1.165) is 12.2 Å². The molecule has 3 rings (SSSR count). The van der Waals surface area contributed by atoms with E-state index in [-0.39, 0.29) is 12.0 Å². The average molecular weight is 244 g/mol. The van der Waals surface area contributed by atoms with Crippen molar-refractivity contribution in [2.24, 2.45) is 0 Å². The van der Waals surface area contributed by atoms with E-state index < -0.39 is 0 Å². The molecule has 2 N–H and O–H groups in total. The van der Waals surface area contributed by atoms with Crippen molar-refractivity contribution >= 4 is 0 Å². The van der Waals surface area contributed by atoms with Crippen LogP contribution in [0.5, 0.6) is 0 Å². The maximum absolute atomic E-state index is 9.80. The zero-order valence-corrected chi connectivity index (χ0v) is 10.0. The minimum Gasteiger partial charge on any atom is -0.391 e. The molecule has 0 amide bonds. The standard InChI is InChI=1S/C13H16N4O/c18-13-7-14-6-11(13)12-9-17(16-15-12)8-10-4-2-1-3-5-10/h1-5,9,11,13-14,18H,6-8H2/t11?,13-/m0/s1. The number of aromatic nitrogens is 3. The van der Waals surface area contributed by atoms with E-state index in [0.29, 0.717) is 13.1 Å². The Morgan fingerprint density at radius 3 is 2.83 bits per heavy atom. The second-order valence-corrected chi connectivity index (χ2v) is 4.66. The Morgan fingerprint density at radius 1 is 1.28 bits per heavy atom. The van der Waals surface area contributed by atoms with Gasteiger partial charge in [0, 0.05) is 25.2 Å². The highest BCUT2D eigenvalue weighted by atomic mass is 16.3. The van der Waals surface area contributed by atoms with E-state index >= 15 is 0 Å². The third kappa shape index (κ3) is 2.27. The highest BCUT2D eigenvalue weighted by Gasteiger charge is 2.28. The molecule has 94 valence electrons. The summed E-state index contributed by atoms with van der Waals surface area (Å²) in [5, 5.41) is 21.2. The summed E-state index contributed by atoms with van der Waals surface area (Å²) >= 11 is 0. The lowest BCUT2D eigenvalue weighted by Gasteiger charge is -2.08. The Kier molecular flexibility index (Phi) is 3.08. The van der Waals surface area contributed by atoms with Crippen molar-refractivity contribution in [2.75, 3.05) is 13.1 Å². The molecule has 5 nitrogen and oxygen atoms in total. The van der Waals surface area contributed by atoms with Crippen LogP contribution in [0, 0.1) is 0 Å². The number of nitrogens with one attached hydrogen (secondary N) is 1. The van der Waals surface area contributed by atoms with Gasteiger partial charge in [0.05, 0.1) is 18.3 Å². The molecule has 2 aromatic rings. The lowest BCUT2D eigenvalue weighted by Crippen LogP contribution is -2.16. The van der Waals surface area contributed by atoms with Gasteiger partial charge in [-0.15, -0.1) is 5.10 Å². The van der Waals surface area contributed by atoms with Gasteiger partial charge in [-0.05, 0) is 5.56 Å². The Balaban J connectivity index is 1.74. The zero-order chi connectivity index (χ0) is 12.4. The minimum atomic E-state index is -0.355. The van der Waals surface area contributed by atoms with Gasteiger partial charge in [-0.1, -0.05) is 35.5 Å². The van der Waals surface area contributed by atoms with Crippen LogP contribution in [-0.4, -0.2) is 39.3 Å². The number of aliphatic hydroxyl groups is 1. The van der Waals surface area contributed by atoms with Gasteiger partial charge >= 0.3 is 0 Å². The highest BCUT2D eigenvalue weighted by molar-refractivity contribution is 5.15. The maximum atomic E-state index is 9.80. The lowest BCUT2D eigenvalue weighted by molar-refractivity contribution is 0.176. The van der Waals surface area contributed by atoms with Crippen LogP contribution in [0.15, 0.2) is 36.5 Å². The van der Waals surface area contributed by atoms with E-state index in [1.165, 1.54) is 5.56 Å². The number of aliphatic hydroxyl groups excluding tert-OH is 1. The fourth-order valence-corrected chi connectivity index (χ4v) is 2.30. The Morgan fingerprint density at radius 2 is 2.11 bits per heavy atom. The number of β-amino-alcohol motifs (C(OH)–C–C–N with tert-alkyl or cyclic N) is 1. The predicted molar refractivity (Wildman–Crippen MR) is 67.2 cm³/mol. The lowest BCUT2D eigenvalue weighted by atomic mass is 10.0. The van der Waals surface area contributed by atoms with Crippen molar-refractivity contribution in [1.29, 1.82) is 0 Å². The molecule has 2 heterocycles. The molecule has 5 heteroatoms. The summed E-state index contributed by atoms with van der Waals surface area (Å²) < 4.78 is 1.82. The molecule has 0 aliphatic carbocycles. The summed E-state index contributed by atoms with van der Waals surface area (Å²) in [5.41, 5.74) is 2.06. The van der Waals surface area contributed by atoms with Gasteiger partial charge in [-0.25, -0.2) is 4.68 Å². The average Bonchev–Trinajstić information content (AvgIpc) is 2.99. The number of hydrogen-bond acceptors (Lipinski definition) is 4. The minimum absolute atomic E-state index is 0.0644. The topological polar surface area (TPSA) is 63.0 Å². The van der Waals surface area contributed by atoms with Crippen LogP contribution in [0.4, 0.5) is 0 Å². The molecule has 0 spiro atoms. The molecule has 1 aromatic heterocycles. The monoisotopic (exact) mass is 244 g/mol. The van der Waals surface area contributed by atoms with Crippen LogP contribution < -0.4 is 5.32 Å². The molecule has 1 unspecified atom stereocenters. The van der Waals surface area contributed by atoms with Crippen molar-refractivity contribution in [2.45, 2.75) is 18.6 Å². The van der Waals surface area contributed by atoms with Crippen LogP contribution in [0.3, 0.4) is 0 Å². The van der Waals surface area contributed by atoms with Crippen LogP contribution in [-0.2, 0) is 6.54 Å². The number of benzene rings is 1. The second-order valence-electron chi connectivity index (χ2n) is 4.66. The van der Waals surface area contributed by atoms with Crippen molar-refractivity contribution in [3.63, 3.8) is 0 Å². The number of hydrogen-bond donors (Lipinski definition) is 2. The Labute approximate surface area is 105 Å². The molecule has 1 fully saturated rings. The molecule has 18 heavy (non-hydrogen) atoms. The third-order valence-electron chi connectivity index (χ3n) is 3.31. The normalized spacial score (nSPS) is 23.4. The van der Waals surface area contributed by atoms with Crippen LogP contribution in [0.1, 0.15) is 17.2 Å². The van der Waals surface area contributed by atoms with Gasteiger partial charge in [0.1, 0.15) is 0 Å². The first-order valence-electron chi connectivity index (χ1n) is 6.15. The van der Waals surface area contributed by atoms with Crippen LogP contribution >= 0.6 is 0 Å². The molecule has 1 aliphatic rings. The summed E-state index contributed by atoms with van der Waals surface area (Å²) in [7, 11) is 0. The molecular formula is C13H16N4O. The molecule has 0 bridgehead atoms. The van der Waals surface area contributed by atoms with Crippen molar-refractivity contribution in [3.8, 4) is 0 Å². The zero-order valence-electron chi connectivity index (χ0n) is 10.0. The van der Waals surface area contributed by atoms with Gasteiger partial charge in [0.15, 0.2) is 0 Å². The number of rotatable bonds is 3. The first-order chi connectivity index (χ1) is 8.83. The fourth-order valence-electron chi connectivity index (χ4n) is 2.30. The first-order valence-corrected chi connectivity index (χ1v) is 6.15. The van der Waals surface area contributed by atoms with Crippen LogP contribution in [0.25, 0.3) is 0 Å². The predicted octanol–water partition coefficient (Wildman–Crippen LogP) is 0.374. The van der Waals surface area contributed by atoms with Gasteiger partial charge in [-0.3, -0.25) is 0 Å². The van der Waals surface area contributed by atoms with E-state index in [1.54, 1.807) is 0 Å². The maximum Gasteiger partial charge on any atom is 0.0897 e. The summed E-state index contributed by atoms with van der Waals surface area (Å²) in [4.78, 5) is 0.